The molecule has 2 unspecified atom stereocenters. The van der Waals surface area contributed by atoms with Gasteiger partial charge < -0.3 is 24.3 Å². The van der Waals surface area contributed by atoms with Gasteiger partial charge >= 0.3 is 11.9 Å². The van der Waals surface area contributed by atoms with Crippen LogP contribution in [0, 0.1) is 0 Å². The molecular weight excluding hydrogens is 584 g/mol. The smallest absolute Gasteiger partial charge is 0.355 e. The number of aromatic hydroxyl groups is 2. The van der Waals surface area contributed by atoms with Crippen LogP contribution in [0.4, 0.5) is 0 Å². The van der Waals surface area contributed by atoms with Crippen molar-refractivity contribution in [3.63, 3.8) is 0 Å². The molecule has 0 amide bonds. The Labute approximate surface area is 241 Å². The molecule has 3 aromatic heterocycles. The number of fused-ring (bicyclic) bond motifs is 5. The van der Waals surface area contributed by atoms with E-state index in [4.69, 9.17) is 14.5 Å². The third-order valence-corrected chi connectivity index (χ3v) is 9.20. The number of nitrogens with zero attached hydrogens (tertiary/aromatic N) is 3. The molecule has 4 aromatic rings. The highest BCUT2D eigenvalue weighted by Gasteiger charge is 2.50. The Balaban J connectivity index is 1.34. The summed E-state index contributed by atoms with van der Waals surface area (Å²) < 4.78 is 14.1. The van der Waals surface area contributed by atoms with Crippen LogP contribution in [0.2, 0.25) is 0 Å². The molecule has 6 rings (SSSR count). The highest BCUT2D eigenvalue weighted by Crippen LogP contribution is 2.41. The van der Waals surface area contributed by atoms with Gasteiger partial charge in [-0.3, -0.25) is 14.2 Å². The summed E-state index contributed by atoms with van der Waals surface area (Å²) in [5.74, 6) is -1.38. The third kappa shape index (κ3) is 4.56. The Morgan fingerprint density at radius 2 is 2.02 bits per heavy atom. The van der Waals surface area contributed by atoms with Crippen LogP contribution in [0.15, 0.2) is 47.3 Å². The molecule has 2 aliphatic heterocycles. The second-order valence-electron chi connectivity index (χ2n) is 10.1. The molecule has 5 heterocycles. The van der Waals surface area contributed by atoms with Crippen molar-refractivity contribution < 1.29 is 29.3 Å². The number of hydrogen-bond donors (Lipinski definition) is 2. The topological polar surface area (TPSA) is 133 Å². The van der Waals surface area contributed by atoms with Crippen molar-refractivity contribution in [2.24, 2.45) is 0 Å². The number of aromatic nitrogens is 3. The lowest BCUT2D eigenvalue weighted by Crippen LogP contribution is -2.47. The van der Waals surface area contributed by atoms with Crippen LogP contribution < -0.4 is 5.56 Å². The average Bonchev–Trinajstić information content (AvgIpc) is 3.43. The number of carbonyl (C=O) groups excluding carboxylic acids is 2. The number of pyridine rings is 2. The summed E-state index contributed by atoms with van der Waals surface area (Å²) in [6.45, 7) is 1.71. The van der Waals surface area contributed by atoms with Gasteiger partial charge in [-0.25, -0.2) is 9.78 Å². The highest BCUT2D eigenvalue weighted by atomic mass is 32.9. The first-order valence-electron chi connectivity index (χ1n) is 12.9. The Hall–Kier alpha value is -3.52. The Morgan fingerprint density at radius 3 is 2.78 bits per heavy atom. The van der Waals surface area contributed by atoms with Gasteiger partial charge in [-0.15, -0.1) is 9.69 Å². The van der Waals surface area contributed by atoms with Crippen molar-refractivity contribution in [3.8, 4) is 23.1 Å². The zero-order valence-corrected chi connectivity index (χ0v) is 25.0. The molecule has 3 atom stereocenters. The van der Waals surface area contributed by atoms with Crippen molar-refractivity contribution in [2.45, 2.75) is 50.8 Å². The van der Waals surface area contributed by atoms with E-state index in [0.29, 0.717) is 34.8 Å². The van der Waals surface area contributed by atoms with Gasteiger partial charge in [-0.05, 0) is 24.6 Å². The summed E-state index contributed by atoms with van der Waals surface area (Å²) in [4.78, 5) is 44.9. The van der Waals surface area contributed by atoms with Crippen LogP contribution in [0.5, 0.6) is 11.8 Å². The lowest BCUT2D eigenvalue weighted by atomic mass is 9.85. The molecule has 0 saturated heterocycles. The van der Waals surface area contributed by atoms with Crippen molar-refractivity contribution >= 4 is 49.0 Å². The van der Waals surface area contributed by atoms with Crippen LogP contribution >= 0.6 is 16.5 Å². The Bertz CT molecular complexity index is 1850. The van der Waals surface area contributed by atoms with Crippen LogP contribution in [0.3, 0.4) is 0 Å². The first-order valence-corrected chi connectivity index (χ1v) is 17.0. The summed E-state index contributed by atoms with van der Waals surface area (Å²) in [5, 5.41) is 21.8. The summed E-state index contributed by atoms with van der Waals surface area (Å²) in [5.41, 5.74) is 1.78. The van der Waals surface area contributed by atoms with Crippen LogP contribution in [-0.4, -0.2) is 36.3 Å². The largest absolute Gasteiger partial charge is 0.494 e. The zero-order chi connectivity index (χ0) is 29.1. The fraction of sp³-hybridized carbons (Fsp3) is 0.286. The summed E-state index contributed by atoms with van der Waals surface area (Å²) in [7, 11) is 5.76. The molecule has 10 nitrogen and oxygen atoms in total. The number of ether oxygens (including phenoxy) is 2. The lowest BCUT2D eigenvalue weighted by molar-refractivity contribution is -0.189. The van der Waals surface area contributed by atoms with Gasteiger partial charge in [0.1, 0.15) is 6.61 Å². The van der Waals surface area contributed by atoms with E-state index in [9.17, 15) is 24.6 Å². The van der Waals surface area contributed by atoms with E-state index in [2.05, 4.69) is 16.5 Å². The van der Waals surface area contributed by atoms with Gasteiger partial charge in [-0.1, -0.05) is 41.6 Å². The van der Waals surface area contributed by atoms with E-state index in [0.717, 1.165) is 16.5 Å². The van der Waals surface area contributed by atoms with Gasteiger partial charge in [0.25, 0.3) is 5.56 Å². The predicted molar refractivity (Wildman–Crippen MR) is 160 cm³/mol. The van der Waals surface area contributed by atoms with Crippen molar-refractivity contribution in [1.29, 1.82) is 0 Å². The molecule has 212 valence electrons. The van der Waals surface area contributed by atoms with E-state index < -0.39 is 17.5 Å². The average molecular weight is 612 g/mol. The molecule has 41 heavy (non-hydrogen) atoms. The number of hydrogen-bond acceptors (Lipinski definition) is 8. The highest BCUT2D eigenvalue weighted by molar-refractivity contribution is 8.49. The molecule has 0 spiro atoms. The summed E-state index contributed by atoms with van der Waals surface area (Å²) in [6, 6.07) is 12.8. The molecule has 1 aromatic carbocycles. The van der Waals surface area contributed by atoms with Gasteiger partial charge in [0.2, 0.25) is 5.60 Å². The van der Waals surface area contributed by atoms with Crippen molar-refractivity contribution in [1.82, 2.24) is 14.1 Å². The van der Waals surface area contributed by atoms with Gasteiger partial charge in [0.15, 0.2) is 11.8 Å². The summed E-state index contributed by atoms with van der Waals surface area (Å²) in [6.07, 6.45) is -0.211. The quantitative estimate of drug-likeness (QED) is 0.209. The second kappa shape index (κ2) is 10.4. The lowest BCUT2D eigenvalue weighted by Gasteiger charge is -2.35. The standard InChI is InChI=1S/C28H27N3O7P2S/c1-2-28(38-23(33)7-8-30-22(32)10-17(25(30)34)14-41(39)40)19-11-21-24-16(9-15-5-3-4-6-20(15)29-24)12-31(21)26(35)18(19)13-37-27(28)36/h3-6,9-11,32,34,39H,2,7-8,12-14,40H2,1H3/t28-,41?/m0/s1. The molecule has 0 bridgehead atoms. The van der Waals surface area contributed by atoms with Crippen LogP contribution in [-0.2, 0) is 59.8 Å². The number of para-hydroxylation sites is 1. The van der Waals surface area contributed by atoms with E-state index in [1.165, 1.54) is 10.6 Å². The number of carbonyl (C=O) groups is 2. The fourth-order valence-electron chi connectivity index (χ4n) is 5.61. The molecule has 0 aliphatic carbocycles. The maximum Gasteiger partial charge on any atom is 0.355 e. The SMILES string of the molecule is CC[C@@]1(OC(=O)CCn2c(O)cc(CS(=P)P)c2O)C(=O)OCc2c1cc1n(c2=O)Cc2cc3ccccc3nc2-1. The zero-order valence-electron chi connectivity index (χ0n) is 22.0. The minimum absolute atomic E-state index is 0.0389. The van der Waals surface area contributed by atoms with E-state index in [1.54, 1.807) is 17.6 Å². The first-order chi connectivity index (χ1) is 19.6. The monoisotopic (exact) mass is 611 g/mol. The number of cyclic esters (lactones) is 1. The van der Waals surface area contributed by atoms with E-state index in [-0.39, 0.29) is 58.6 Å². The third-order valence-electron chi connectivity index (χ3n) is 7.65. The minimum Gasteiger partial charge on any atom is -0.494 e. The first kappa shape index (κ1) is 27.6. The number of esters is 2. The van der Waals surface area contributed by atoms with Crippen LogP contribution in [0.25, 0.3) is 22.3 Å². The second-order valence-corrected chi connectivity index (χ2v) is 15.9. The van der Waals surface area contributed by atoms with Gasteiger partial charge in [0, 0.05) is 40.4 Å². The number of rotatable bonds is 7. The molecule has 2 N–H and O–H groups in total. The Morgan fingerprint density at radius 1 is 1.24 bits per heavy atom. The normalized spacial score (nSPS) is 18.0. The molecule has 0 radical (unpaired) electrons. The minimum atomic E-state index is -1.82. The summed E-state index contributed by atoms with van der Waals surface area (Å²) >= 11 is 0. The molecular formula is C28H27N3O7P2S. The van der Waals surface area contributed by atoms with Crippen LogP contribution in [0.1, 0.15) is 42.0 Å². The Kier molecular flexibility index (Phi) is 7.00. The van der Waals surface area contributed by atoms with Crippen molar-refractivity contribution in [2.75, 3.05) is 0 Å². The maximum absolute atomic E-state index is 13.7. The fourth-order valence-corrected chi connectivity index (χ4v) is 7.16. The number of benzene rings is 1. The molecule has 0 saturated carbocycles. The van der Waals surface area contributed by atoms with Gasteiger partial charge in [-0.2, -0.15) is 0 Å². The maximum atomic E-state index is 13.7. The van der Waals surface area contributed by atoms with E-state index in [1.807, 2.05) is 30.3 Å². The molecule has 2 aliphatic rings. The molecule has 13 heteroatoms. The van der Waals surface area contributed by atoms with Crippen molar-refractivity contribution in [3.05, 3.63) is 75.1 Å². The predicted octanol–water partition coefficient (Wildman–Crippen LogP) is 3.90. The van der Waals surface area contributed by atoms with Gasteiger partial charge in [0.05, 0.1) is 35.4 Å². The van der Waals surface area contributed by atoms with E-state index >= 15 is 0 Å². The molecule has 0 fully saturated rings.